The Labute approximate surface area is 230 Å². The molecule has 0 spiro atoms. The van der Waals surface area contributed by atoms with E-state index in [2.05, 4.69) is 21.2 Å². The molecule has 2 aliphatic heterocycles. The minimum absolute atomic E-state index is 0.0129. The lowest BCUT2D eigenvalue weighted by molar-refractivity contribution is -0.384. The van der Waals surface area contributed by atoms with Crippen molar-refractivity contribution in [3.8, 4) is 11.5 Å². The Balaban J connectivity index is 1.69. The first-order valence-electron chi connectivity index (χ1n) is 11.8. The van der Waals surface area contributed by atoms with Crippen molar-refractivity contribution in [1.29, 1.82) is 0 Å². The van der Waals surface area contributed by atoms with E-state index in [1.807, 2.05) is 0 Å². The standard InChI is InChI=1S/C27H22BrN3O8/c1-39-20-10-7-15(28)11-19(20)23-21-22(27(29-23,26(35)36)13-14-5-8-18(32)9-6-14)25(34)30(24(21)33)16-3-2-4-17(12-16)31(37)38/h2-12,21-23,29,32H,13H2,1H3,(H,35,36). The summed E-state index contributed by atoms with van der Waals surface area (Å²) >= 11 is 3.41. The molecule has 12 heteroatoms. The highest BCUT2D eigenvalue weighted by atomic mass is 79.9. The Kier molecular flexibility index (Phi) is 6.60. The average Bonchev–Trinajstić information content (AvgIpc) is 3.39. The van der Waals surface area contributed by atoms with Gasteiger partial charge in [-0.2, -0.15) is 0 Å². The molecular formula is C27H22BrN3O8. The summed E-state index contributed by atoms with van der Waals surface area (Å²) < 4.78 is 6.16. The number of aliphatic carboxylic acids is 1. The number of nitrogens with zero attached hydrogens (tertiary/aromatic N) is 2. The van der Waals surface area contributed by atoms with Crippen LogP contribution in [0.25, 0.3) is 0 Å². The van der Waals surface area contributed by atoms with Gasteiger partial charge in [0.25, 0.3) is 5.69 Å². The molecule has 0 aromatic heterocycles. The molecule has 11 nitrogen and oxygen atoms in total. The number of anilines is 1. The number of benzene rings is 3. The van der Waals surface area contributed by atoms with Gasteiger partial charge in [0.2, 0.25) is 11.8 Å². The number of ether oxygens (including phenoxy) is 1. The molecule has 0 saturated carbocycles. The van der Waals surface area contributed by atoms with E-state index in [-0.39, 0.29) is 23.5 Å². The number of aromatic hydroxyl groups is 1. The average molecular weight is 596 g/mol. The number of non-ortho nitro benzene ring substituents is 1. The number of carbonyl (C=O) groups excluding carboxylic acids is 2. The fraction of sp³-hybridized carbons (Fsp3) is 0.222. The molecule has 0 bridgehead atoms. The second-order valence-corrected chi connectivity index (χ2v) is 10.3. The fourth-order valence-corrected chi connectivity index (χ4v) is 5.97. The maximum atomic E-state index is 14.0. The number of methoxy groups -OCH3 is 1. The van der Waals surface area contributed by atoms with E-state index in [4.69, 9.17) is 4.74 Å². The van der Waals surface area contributed by atoms with Gasteiger partial charge in [0.05, 0.1) is 29.6 Å². The molecule has 4 unspecified atom stereocenters. The summed E-state index contributed by atoms with van der Waals surface area (Å²) in [5.74, 6) is -4.95. The molecule has 0 aliphatic carbocycles. The maximum Gasteiger partial charge on any atom is 0.325 e. The molecule has 3 aromatic carbocycles. The summed E-state index contributed by atoms with van der Waals surface area (Å²) in [6.45, 7) is 0. The Morgan fingerprint density at radius 3 is 2.49 bits per heavy atom. The quantitative estimate of drug-likeness (QED) is 0.211. The summed E-state index contributed by atoms with van der Waals surface area (Å²) in [6, 6.07) is 15.1. The third-order valence-corrected chi connectivity index (χ3v) is 7.77. The summed E-state index contributed by atoms with van der Waals surface area (Å²) in [6.07, 6.45) is -0.182. The number of nitrogens with one attached hydrogen (secondary N) is 1. The molecule has 3 N–H and O–H groups in total. The third-order valence-electron chi connectivity index (χ3n) is 7.28. The van der Waals surface area contributed by atoms with Gasteiger partial charge < -0.3 is 14.9 Å². The lowest BCUT2D eigenvalue weighted by Gasteiger charge is -2.31. The number of imide groups is 1. The second kappa shape index (κ2) is 9.79. The van der Waals surface area contributed by atoms with Crippen LogP contribution in [0.3, 0.4) is 0 Å². The highest BCUT2D eigenvalue weighted by molar-refractivity contribution is 9.10. The van der Waals surface area contributed by atoms with Crippen molar-refractivity contribution in [2.75, 3.05) is 12.0 Å². The number of hydrogen-bond acceptors (Lipinski definition) is 8. The van der Waals surface area contributed by atoms with Crippen molar-refractivity contribution in [3.63, 3.8) is 0 Å². The molecule has 4 atom stereocenters. The minimum Gasteiger partial charge on any atom is -0.508 e. The number of nitro benzene ring substituents is 1. The minimum atomic E-state index is -1.93. The topological polar surface area (TPSA) is 159 Å². The Morgan fingerprint density at radius 1 is 1.13 bits per heavy atom. The van der Waals surface area contributed by atoms with Crippen LogP contribution in [0.4, 0.5) is 11.4 Å². The van der Waals surface area contributed by atoms with Gasteiger partial charge in [0.15, 0.2) is 0 Å². The van der Waals surface area contributed by atoms with E-state index in [1.54, 1.807) is 30.3 Å². The lowest BCUT2D eigenvalue weighted by atomic mass is 9.76. The predicted octanol–water partition coefficient (Wildman–Crippen LogP) is 3.59. The van der Waals surface area contributed by atoms with Crippen LogP contribution in [-0.4, -0.2) is 45.6 Å². The zero-order valence-corrected chi connectivity index (χ0v) is 22.0. The second-order valence-electron chi connectivity index (χ2n) is 9.42. The highest BCUT2D eigenvalue weighted by Gasteiger charge is 2.69. The van der Waals surface area contributed by atoms with E-state index in [9.17, 15) is 34.7 Å². The molecule has 0 radical (unpaired) electrons. The smallest absolute Gasteiger partial charge is 0.325 e. The number of rotatable bonds is 7. The number of fused-ring (bicyclic) bond motifs is 1. The van der Waals surface area contributed by atoms with Gasteiger partial charge in [-0.05, 0) is 42.0 Å². The summed E-state index contributed by atoms with van der Waals surface area (Å²) in [5, 5.41) is 34.8. The maximum absolute atomic E-state index is 14.0. The molecule has 2 fully saturated rings. The van der Waals surface area contributed by atoms with E-state index in [0.717, 1.165) is 11.0 Å². The van der Waals surface area contributed by atoms with Crippen LogP contribution >= 0.6 is 15.9 Å². The van der Waals surface area contributed by atoms with E-state index in [1.165, 1.54) is 37.4 Å². The molecule has 2 heterocycles. The van der Waals surface area contributed by atoms with Crippen LogP contribution in [0.15, 0.2) is 71.2 Å². The van der Waals surface area contributed by atoms with Gasteiger partial charge >= 0.3 is 5.97 Å². The van der Waals surface area contributed by atoms with Crippen molar-refractivity contribution >= 4 is 45.1 Å². The van der Waals surface area contributed by atoms with Gasteiger partial charge in [-0.1, -0.05) is 34.1 Å². The number of phenolic OH excluding ortho intramolecular Hbond substituents is 1. The molecule has 2 saturated heterocycles. The molecule has 2 amide bonds. The molecular weight excluding hydrogens is 574 g/mol. The van der Waals surface area contributed by atoms with Crippen LogP contribution in [0.2, 0.25) is 0 Å². The zero-order valence-electron chi connectivity index (χ0n) is 20.4. The van der Waals surface area contributed by atoms with Gasteiger partial charge in [-0.25, -0.2) is 4.90 Å². The number of carbonyl (C=O) groups is 3. The Bertz CT molecular complexity index is 1510. The molecule has 5 rings (SSSR count). The highest BCUT2D eigenvalue weighted by Crippen LogP contribution is 2.52. The first kappa shape index (κ1) is 26.3. The predicted molar refractivity (Wildman–Crippen MR) is 141 cm³/mol. The number of hydrogen-bond donors (Lipinski definition) is 3. The van der Waals surface area contributed by atoms with Crippen LogP contribution in [0, 0.1) is 22.0 Å². The van der Waals surface area contributed by atoms with Crippen LogP contribution in [-0.2, 0) is 20.8 Å². The van der Waals surface area contributed by atoms with E-state index >= 15 is 0 Å². The van der Waals surface area contributed by atoms with Gasteiger partial charge in [0.1, 0.15) is 17.0 Å². The molecule has 3 aromatic rings. The summed E-state index contributed by atoms with van der Waals surface area (Å²) in [5.41, 5.74) is -1.28. The first-order chi connectivity index (χ1) is 18.6. The van der Waals surface area contributed by atoms with Crippen LogP contribution in [0.5, 0.6) is 11.5 Å². The van der Waals surface area contributed by atoms with Gasteiger partial charge in [-0.3, -0.25) is 29.8 Å². The van der Waals surface area contributed by atoms with Crippen molar-refractivity contribution in [3.05, 3.63) is 92.4 Å². The zero-order chi connectivity index (χ0) is 28.1. The van der Waals surface area contributed by atoms with Crippen molar-refractivity contribution < 1.29 is 34.3 Å². The van der Waals surface area contributed by atoms with E-state index < -0.39 is 46.1 Å². The Morgan fingerprint density at radius 2 is 1.85 bits per heavy atom. The number of halogens is 1. The molecule has 200 valence electrons. The van der Waals surface area contributed by atoms with E-state index in [0.29, 0.717) is 21.3 Å². The Hall–Kier alpha value is -4.29. The van der Waals surface area contributed by atoms with Crippen molar-refractivity contribution in [2.45, 2.75) is 18.0 Å². The van der Waals surface area contributed by atoms with Crippen LogP contribution in [0.1, 0.15) is 17.2 Å². The van der Waals surface area contributed by atoms with Crippen molar-refractivity contribution in [2.24, 2.45) is 11.8 Å². The lowest BCUT2D eigenvalue weighted by Crippen LogP contribution is -2.57. The monoisotopic (exact) mass is 595 g/mol. The third kappa shape index (κ3) is 4.31. The van der Waals surface area contributed by atoms with Crippen molar-refractivity contribution in [1.82, 2.24) is 5.32 Å². The summed E-state index contributed by atoms with van der Waals surface area (Å²) in [7, 11) is 1.44. The number of carboxylic acids is 1. The first-order valence-corrected chi connectivity index (χ1v) is 12.6. The fourth-order valence-electron chi connectivity index (χ4n) is 5.59. The summed E-state index contributed by atoms with van der Waals surface area (Å²) in [4.78, 5) is 52.6. The van der Waals surface area contributed by atoms with Gasteiger partial charge in [-0.15, -0.1) is 0 Å². The number of nitro groups is 1. The molecule has 39 heavy (non-hydrogen) atoms. The van der Waals surface area contributed by atoms with Gasteiger partial charge in [0, 0.05) is 34.6 Å². The van der Waals surface area contributed by atoms with Crippen LogP contribution < -0.4 is 15.0 Å². The molecule has 2 aliphatic rings. The SMILES string of the molecule is COc1ccc(Br)cc1C1NC(Cc2ccc(O)cc2)(C(=O)O)C2C(=O)N(c3cccc([N+](=O)[O-])c3)C(=O)C12. The number of phenols is 1. The number of amides is 2. The largest absolute Gasteiger partial charge is 0.508 e. The number of carboxylic acid groups (broad SMARTS) is 1. The normalized spacial score (nSPS) is 24.1.